The van der Waals surface area contributed by atoms with Crippen LogP contribution in [0.2, 0.25) is 10.0 Å². The summed E-state index contributed by atoms with van der Waals surface area (Å²) in [6.07, 6.45) is 3.13. The molecule has 0 saturated carbocycles. The Balaban J connectivity index is 2.05. The van der Waals surface area contributed by atoms with Gasteiger partial charge in [-0.2, -0.15) is 0 Å². The molecular weight excluding hydrogens is 263 g/mol. The second kappa shape index (κ2) is 5.07. The van der Waals surface area contributed by atoms with Gasteiger partial charge in [-0.3, -0.25) is 5.32 Å². The number of nitrogens with one attached hydrogen (secondary N) is 3. The summed E-state index contributed by atoms with van der Waals surface area (Å²) in [7, 11) is 0. The molecule has 3 N–H and O–H groups in total. The number of urea groups is 1. The molecule has 2 rings (SSSR count). The smallest absolute Gasteiger partial charge is 0.326 e. The maximum Gasteiger partial charge on any atom is 0.326 e. The van der Waals surface area contributed by atoms with E-state index in [1.54, 1.807) is 24.4 Å². The van der Waals surface area contributed by atoms with E-state index in [2.05, 4.69) is 20.6 Å². The number of benzene rings is 1. The number of amides is 2. The Morgan fingerprint density at radius 2 is 2.12 bits per heavy atom. The molecule has 17 heavy (non-hydrogen) atoms. The van der Waals surface area contributed by atoms with Crippen molar-refractivity contribution in [2.75, 3.05) is 10.6 Å². The molecule has 0 aliphatic rings. The maximum atomic E-state index is 11.6. The monoisotopic (exact) mass is 270 g/mol. The molecular formula is C10H8Cl2N4O. The standard InChI is InChI=1S/C10H8Cl2N4O/c11-6-1-2-7(12)8(5-6)15-10(17)16-9-13-3-4-14-9/h1-5H,(H3,13,14,15,16,17). The fourth-order valence-electron chi connectivity index (χ4n) is 1.19. The lowest BCUT2D eigenvalue weighted by Crippen LogP contribution is -2.20. The van der Waals surface area contributed by atoms with Gasteiger partial charge in [0.1, 0.15) is 0 Å². The number of carbonyl (C=O) groups is 1. The van der Waals surface area contributed by atoms with Gasteiger partial charge in [0, 0.05) is 17.4 Å². The lowest BCUT2D eigenvalue weighted by atomic mass is 10.3. The predicted molar refractivity (Wildman–Crippen MR) is 67.7 cm³/mol. The number of aromatic nitrogens is 2. The fraction of sp³-hybridized carbons (Fsp3) is 0. The summed E-state index contributed by atoms with van der Waals surface area (Å²) in [6.45, 7) is 0. The summed E-state index contributed by atoms with van der Waals surface area (Å²) in [5.41, 5.74) is 0.434. The van der Waals surface area contributed by atoms with Crippen molar-refractivity contribution in [3.63, 3.8) is 0 Å². The average Bonchev–Trinajstić information content (AvgIpc) is 2.76. The summed E-state index contributed by atoms with van der Waals surface area (Å²) in [4.78, 5) is 18.1. The van der Waals surface area contributed by atoms with Gasteiger partial charge >= 0.3 is 6.03 Å². The number of anilines is 2. The lowest BCUT2D eigenvalue weighted by Gasteiger charge is -2.07. The third-order valence-electron chi connectivity index (χ3n) is 1.91. The van der Waals surface area contributed by atoms with Gasteiger partial charge in [0.2, 0.25) is 5.95 Å². The van der Waals surface area contributed by atoms with E-state index in [0.717, 1.165) is 0 Å². The molecule has 88 valence electrons. The highest BCUT2D eigenvalue weighted by atomic mass is 35.5. The molecule has 0 bridgehead atoms. The number of halogens is 2. The van der Waals surface area contributed by atoms with Gasteiger partial charge in [0.25, 0.3) is 0 Å². The van der Waals surface area contributed by atoms with E-state index in [1.165, 1.54) is 6.20 Å². The lowest BCUT2D eigenvalue weighted by molar-refractivity contribution is 0.262. The van der Waals surface area contributed by atoms with Crippen LogP contribution >= 0.6 is 23.2 Å². The van der Waals surface area contributed by atoms with Gasteiger partial charge in [0.05, 0.1) is 10.7 Å². The predicted octanol–water partition coefficient (Wildman–Crippen LogP) is 3.36. The summed E-state index contributed by atoms with van der Waals surface area (Å²) >= 11 is 11.7. The van der Waals surface area contributed by atoms with Gasteiger partial charge < -0.3 is 10.3 Å². The van der Waals surface area contributed by atoms with Crippen LogP contribution in [0, 0.1) is 0 Å². The number of nitrogens with zero attached hydrogens (tertiary/aromatic N) is 1. The van der Waals surface area contributed by atoms with Crippen molar-refractivity contribution < 1.29 is 4.79 Å². The minimum atomic E-state index is -0.455. The van der Waals surface area contributed by atoms with Crippen LogP contribution < -0.4 is 10.6 Å². The van der Waals surface area contributed by atoms with Crippen molar-refractivity contribution in [1.82, 2.24) is 9.97 Å². The number of aromatic amines is 1. The Bertz CT molecular complexity index is 527. The molecule has 0 saturated heterocycles. The molecule has 0 radical (unpaired) electrons. The first kappa shape index (κ1) is 11.8. The summed E-state index contributed by atoms with van der Waals surface area (Å²) in [5.74, 6) is 0.348. The first-order valence-corrected chi connectivity index (χ1v) is 5.43. The molecule has 0 atom stereocenters. The van der Waals surface area contributed by atoms with E-state index in [0.29, 0.717) is 21.7 Å². The molecule has 0 spiro atoms. The highest BCUT2D eigenvalue weighted by Gasteiger charge is 2.07. The zero-order valence-electron chi connectivity index (χ0n) is 8.50. The highest BCUT2D eigenvalue weighted by molar-refractivity contribution is 6.35. The van der Waals surface area contributed by atoms with E-state index in [1.807, 2.05) is 0 Å². The number of carbonyl (C=O) groups excluding carboxylic acids is 1. The summed E-state index contributed by atoms with van der Waals surface area (Å²) in [6, 6.07) is 4.35. The zero-order valence-corrected chi connectivity index (χ0v) is 10.0. The molecule has 0 aliphatic heterocycles. The normalized spacial score (nSPS) is 10.0. The first-order valence-electron chi connectivity index (χ1n) is 4.67. The molecule has 0 aliphatic carbocycles. The van der Waals surface area contributed by atoms with Crippen LogP contribution in [-0.2, 0) is 0 Å². The van der Waals surface area contributed by atoms with Gasteiger partial charge in [0.15, 0.2) is 0 Å². The Morgan fingerprint density at radius 1 is 1.29 bits per heavy atom. The molecule has 1 aromatic heterocycles. The number of hydrogen-bond acceptors (Lipinski definition) is 2. The molecule has 0 unspecified atom stereocenters. The Kier molecular flexibility index (Phi) is 3.51. The molecule has 7 heteroatoms. The van der Waals surface area contributed by atoms with Crippen LogP contribution in [0.1, 0.15) is 0 Å². The van der Waals surface area contributed by atoms with Crippen molar-refractivity contribution >= 4 is 40.9 Å². The first-order chi connectivity index (χ1) is 8.15. The van der Waals surface area contributed by atoms with Crippen LogP contribution in [0.15, 0.2) is 30.6 Å². The van der Waals surface area contributed by atoms with Gasteiger partial charge in [-0.25, -0.2) is 9.78 Å². The molecule has 2 aromatic rings. The molecule has 5 nitrogen and oxygen atoms in total. The highest BCUT2D eigenvalue weighted by Crippen LogP contribution is 2.25. The van der Waals surface area contributed by atoms with Crippen molar-refractivity contribution in [1.29, 1.82) is 0 Å². The fourth-order valence-corrected chi connectivity index (χ4v) is 1.52. The third-order valence-corrected chi connectivity index (χ3v) is 2.47. The zero-order chi connectivity index (χ0) is 12.3. The van der Waals surface area contributed by atoms with Crippen molar-refractivity contribution in [3.05, 3.63) is 40.6 Å². The average molecular weight is 271 g/mol. The van der Waals surface area contributed by atoms with Crippen LogP contribution in [0.25, 0.3) is 0 Å². The van der Waals surface area contributed by atoms with Gasteiger partial charge in [-0.15, -0.1) is 0 Å². The second-order valence-electron chi connectivity index (χ2n) is 3.14. The van der Waals surface area contributed by atoms with Gasteiger partial charge in [-0.05, 0) is 18.2 Å². The number of H-pyrrole nitrogens is 1. The van der Waals surface area contributed by atoms with Crippen LogP contribution in [-0.4, -0.2) is 16.0 Å². The van der Waals surface area contributed by atoms with Crippen molar-refractivity contribution in [2.24, 2.45) is 0 Å². The number of imidazole rings is 1. The largest absolute Gasteiger partial charge is 0.331 e. The van der Waals surface area contributed by atoms with Crippen molar-refractivity contribution in [2.45, 2.75) is 0 Å². The Labute approximate surface area is 107 Å². The van der Waals surface area contributed by atoms with Crippen LogP contribution in [0.5, 0.6) is 0 Å². The maximum absolute atomic E-state index is 11.6. The van der Waals surface area contributed by atoms with Crippen molar-refractivity contribution in [3.8, 4) is 0 Å². The van der Waals surface area contributed by atoms with Crippen LogP contribution in [0.3, 0.4) is 0 Å². The van der Waals surface area contributed by atoms with E-state index >= 15 is 0 Å². The minimum Gasteiger partial charge on any atom is -0.331 e. The second-order valence-corrected chi connectivity index (χ2v) is 3.98. The Hall–Kier alpha value is -1.72. The third kappa shape index (κ3) is 3.12. The number of rotatable bonds is 2. The van der Waals surface area contributed by atoms with E-state index in [9.17, 15) is 4.79 Å². The molecule has 1 aromatic carbocycles. The van der Waals surface area contributed by atoms with E-state index in [4.69, 9.17) is 23.2 Å². The minimum absolute atomic E-state index is 0.348. The van der Waals surface area contributed by atoms with Crippen LogP contribution in [0.4, 0.5) is 16.4 Å². The van der Waals surface area contributed by atoms with E-state index < -0.39 is 6.03 Å². The summed E-state index contributed by atoms with van der Waals surface area (Å²) in [5, 5.41) is 5.96. The summed E-state index contributed by atoms with van der Waals surface area (Å²) < 4.78 is 0. The Morgan fingerprint density at radius 3 is 2.82 bits per heavy atom. The van der Waals surface area contributed by atoms with Gasteiger partial charge in [-0.1, -0.05) is 23.2 Å². The van der Waals surface area contributed by atoms with E-state index in [-0.39, 0.29) is 0 Å². The quantitative estimate of drug-likeness (QED) is 0.783. The SMILES string of the molecule is O=C(Nc1ncc[nH]1)Nc1cc(Cl)ccc1Cl. The molecule has 2 amide bonds. The molecule has 1 heterocycles. The number of hydrogen-bond donors (Lipinski definition) is 3. The topological polar surface area (TPSA) is 69.8 Å². The molecule has 0 fully saturated rings.